The molecule has 1 aliphatic rings. The molecule has 1 heterocycles. The first-order chi connectivity index (χ1) is 18.3. The number of anilines is 3. The number of carboxylic acid groups (broad SMARTS) is 1. The van der Waals surface area contributed by atoms with Gasteiger partial charge in [-0.3, -0.25) is 14.4 Å². The van der Waals surface area contributed by atoms with Crippen LogP contribution >= 0.6 is 11.6 Å². The van der Waals surface area contributed by atoms with Crippen molar-refractivity contribution in [2.75, 3.05) is 28.8 Å². The lowest BCUT2D eigenvalue weighted by Gasteiger charge is -2.20. The molecule has 1 fully saturated rings. The molecule has 0 aliphatic carbocycles. The topological polar surface area (TPSA) is 146 Å². The Morgan fingerprint density at radius 3 is 2.34 bits per heavy atom. The second kappa shape index (κ2) is 12.2. The summed E-state index contributed by atoms with van der Waals surface area (Å²) in [6, 6.07) is 18.0. The number of aromatic carboxylic acids is 1. The molecule has 3 aromatic carbocycles. The molecule has 0 radical (unpaired) electrons. The zero-order valence-corrected chi connectivity index (χ0v) is 20.6. The Balaban J connectivity index is 1.48. The summed E-state index contributed by atoms with van der Waals surface area (Å²) in [4.78, 5) is 59.8. The van der Waals surface area contributed by atoms with E-state index in [1.54, 1.807) is 36.4 Å². The quantitative estimate of drug-likeness (QED) is 0.253. The zero-order valence-electron chi connectivity index (χ0n) is 19.8. The first-order valence-electron chi connectivity index (χ1n) is 11.5. The van der Waals surface area contributed by atoms with Crippen molar-refractivity contribution in [2.45, 2.75) is 12.5 Å². The van der Waals surface area contributed by atoms with E-state index in [0.717, 1.165) is 5.56 Å². The number of amides is 3. The molecule has 0 spiro atoms. The van der Waals surface area contributed by atoms with Crippen LogP contribution in [-0.2, 0) is 30.7 Å². The maximum atomic E-state index is 13.1. The third kappa shape index (κ3) is 6.85. The van der Waals surface area contributed by atoms with Crippen molar-refractivity contribution in [3.8, 4) is 0 Å². The van der Waals surface area contributed by atoms with Crippen molar-refractivity contribution in [1.29, 1.82) is 0 Å². The third-order valence-electron chi connectivity index (χ3n) is 5.51. The Hall–Kier alpha value is -4.45. The fourth-order valence-corrected chi connectivity index (χ4v) is 3.80. The number of carboxylic acids is 1. The highest BCUT2D eigenvalue weighted by molar-refractivity contribution is 6.40. The van der Waals surface area contributed by atoms with Crippen LogP contribution in [0.4, 0.5) is 17.1 Å². The Morgan fingerprint density at radius 2 is 1.68 bits per heavy atom. The van der Waals surface area contributed by atoms with E-state index in [4.69, 9.17) is 26.6 Å². The molecule has 11 nitrogen and oxygen atoms in total. The number of nitrogens with one attached hydrogen (secondary N) is 3. The molecule has 1 atom stereocenters. The van der Waals surface area contributed by atoms with Crippen LogP contribution in [0.2, 0.25) is 5.02 Å². The summed E-state index contributed by atoms with van der Waals surface area (Å²) < 4.78 is 0. The van der Waals surface area contributed by atoms with E-state index in [-0.39, 0.29) is 17.7 Å². The summed E-state index contributed by atoms with van der Waals surface area (Å²) in [7, 11) is 0. The van der Waals surface area contributed by atoms with Crippen LogP contribution in [0.25, 0.3) is 0 Å². The molecular weight excluding hydrogens is 516 g/mol. The lowest BCUT2D eigenvalue weighted by atomic mass is 10.0. The Kier molecular flexibility index (Phi) is 8.54. The highest BCUT2D eigenvalue weighted by atomic mass is 35.5. The highest BCUT2D eigenvalue weighted by Gasteiger charge is 2.27. The van der Waals surface area contributed by atoms with Gasteiger partial charge in [-0.25, -0.2) is 14.7 Å². The van der Waals surface area contributed by atoms with Crippen molar-refractivity contribution in [1.82, 2.24) is 5.32 Å². The largest absolute Gasteiger partial charge is 0.478 e. The van der Waals surface area contributed by atoms with Crippen LogP contribution < -0.4 is 21.0 Å². The summed E-state index contributed by atoms with van der Waals surface area (Å²) in [5.74, 6) is -3.77. The van der Waals surface area contributed by atoms with E-state index in [1.807, 2.05) is 6.07 Å². The molecule has 0 aromatic heterocycles. The van der Waals surface area contributed by atoms with Gasteiger partial charge in [0.25, 0.3) is 0 Å². The smallest absolute Gasteiger partial charge is 0.335 e. The lowest BCUT2D eigenvalue weighted by molar-refractivity contribution is -0.258. The van der Waals surface area contributed by atoms with Crippen LogP contribution in [0, 0.1) is 0 Å². The van der Waals surface area contributed by atoms with E-state index in [0.29, 0.717) is 29.5 Å². The number of carbonyl (C=O) groups is 4. The molecule has 4 N–H and O–H groups in total. The molecule has 0 bridgehead atoms. The molecule has 12 heteroatoms. The Bertz CT molecular complexity index is 1330. The molecule has 3 aromatic rings. The number of hydrogen-bond acceptors (Lipinski definition) is 7. The van der Waals surface area contributed by atoms with Gasteiger partial charge in [-0.2, -0.15) is 0 Å². The summed E-state index contributed by atoms with van der Waals surface area (Å²) in [5.41, 5.74) is 1.77. The molecular formula is C26H23ClN4O7. The van der Waals surface area contributed by atoms with E-state index in [9.17, 15) is 19.2 Å². The average molecular weight is 539 g/mol. The first-order valence-corrected chi connectivity index (χ1v) is 11.8. The van der Waals surface area contributed by atoms with Gasteiger partial charge in [-0.05, 0) is 48.0 Å². The van der Waals surface area contributed by atoms with Crippen LogP contribution in [0.5, 0.6) is 0 Å². The molecule has 1 aliphatic heterocycles. The Morgan fingerprint density at radius 1 is 0.947 bits per heavy atom. The van der Waals surface area contributed by atoms with E-state index in [1.165, 1.54) is 35.4 Å². The molecule has 0 saturated carbocycles. The van der Waals surface area contributed by atoms with Gasteiger partial charge in [-0.15, -0.1) is 4.99 Å². The van der Waals surface area contributed by atoms with Gasteiger partial charge in [0.05, 0.1) is 23.5 Å². The maximum absolute atomic E-state index is 13.1. The fourth-order valence-electron chi connectivity index (χ4n) is 3.63. The number of nitrogens with zero attached hydrogens (tertiary/aromatic N) is 1. The summed E-state index contributed by atoms with van der Waals surface area (Å²) in [5, 5.41) is 18.4. The summed E-state index contributed by atoms with van der Waals surface area (Å²) in [6.07, 6.45) is 0.0975. The van der Waals surface area contributed by atoms with Crippen molar-refractivity contribution >= 4 is 52.4 Å². The molecule has 0 unspecified atom stereocenters. The van der Waals surface area contributed by atoms with E-state index >= 15 is 0 Å². The molecule has 3 amide bonds. The second-order valence-electron chi connectivity index (χ2n) is 8.20. The van der Waals surface area contributed by atoms with Gasteiger partial charge >= 0.3 is 17.8 Å². The van der Waals surface area contributed by atoms with E-state index in [2.05, 4.69) is 16.0 Å². The SMILES string of the molecule is O=C(Nc1cc(Cl)ccc1N1CCOO1)C(=O)N[C@@H](Cc1ccccc1)C(=O)Nc1ccc(C(=O)O)cc1. The molecule has 4 rings (SSSR count). The monoisotopic (exact) mass is 538 g/mol. The first kappa shape index (κ1) is 26.6. The third-order valence-corrected chi connectivity index (χ3v) is 5.74. The van der Waals surface area contributed by atoms with Gasteiger partial charge in [0, 0.05) is 17.1 Å². The lowest BCUT2D eigenvalue weighted by Crippen LogP contribution is -2.49. The molecule has 1 saturated heterocycles. The van der Waals surface area contributed by atoms with Crippen LogP contribution in [0.3, 0.4) is 0 Å². The normalized spacial score (nSPS) is 13.4. The minimum absolute atomic E-state index is 0.0556. The van der Waals surface area contributed by atoms with Crippen LogP contribution in [0.15, 0.2) is 72.8 Å². The maximum Gasteiger partial charge on any atom is 0.335 e. The van der Waals surface area contributed by atoms with Crippen LogP contribution in [0.1, 0.15) is 15.9 Å². The number of benzene rings is 3. The van der Waals surface area contributed by atoms with Gasteiger partial charge in [0.2, 0.25) is 5.91 Å². The molecule has 38 heavy (non-hydrogen) atoms. The average Bonchev–Trinajstić information content (AvgIpc) is 3.44. The van der Waals surface area contributed by atoms with Crippen molar-refractivity contribution in [3.63, 3.8) is 0 Å². The van der Waals surface area contributed by atoms with E-state index < -0.39 is 29.7 Å². The predicted molar refractivity (Wildman–Crippen MR) is 139 cm³/mol. The van der Waals surface area contributed by atoms with Crippen LogP contribution in [-0.4, -0.2) is 48.0 Å². The van der Waals surface area contributed by atoms with Crippen molar-refractivity contribution in [3.05, 3.63) is 88.9 Å². The Labute approximate surface area is 222 Å². The second-order valence-corrected chi connectivity index (χ2v) is 8.64. The highest BCUT2D eigenvalue weighted by Crippen LogP contribution is 2.30. The number of hydroxylamine groups is 1. The predicted octanol–water partition coefficient (Wildman–Crippen LogP) is 3.03. The van der Waals surface area contributed by atoms with Crippen molar-refractivity contribution < 1.29 is 34.2 Å². The molecule has 196 valence electrons. The van der Waals surface area contributed by atoms with Gasteiger partial charge in [0.15, 0.2) is 0 Å². The summed E-state index contributed by atoms with van der Waals surface area (Å²) in [6.45, 7) is 0.704. The minimum Gasteiger partial charge on any atom is -0.478 e. The standard InChI is InChI=1S/C26H23ClN4O7/c27-18-8-11-22(31-12-13-37-38-31)20(15-18)29-24(33)25(34)30-21(14-16-4-2-1-3-5-16)23(32)28-19-9-6-17(7-10-19)26(35)36/h1-11,15,21H,12-14H2,(H,28,32)(H,29,33)(H,30,34)(H,35,36)/t21-/m0/s1. The number of hydrogen-bond donors (Lipinski definition) is 4. The van der Waals surface area contributed by atoms with Gasteiger partial charge in [-0.1, -0.05) is 41.9 Å². The van der Waals surface area contributed by atoms with Gasteiger partial charge < -0.3 is 21.1 Å². The number of halogens is 1. The zero-order chi connectivity index (χ0) is 27.1. The minimum atomic E-state index is -1.12. The van der Waals surface area contributed by atoms with Crippen molar-refractivity contribution in [2.24, 2.45) is 0 Å². The van der Waals surface area contributed by atoms with Gasteiger partial charge in [0.1, 0.15) is 12.6 Å². The number of rotatable bonds is 8. The number of carbonyl (C=O) groups excluding carboxylic acids is 3. The summed E-state index contributed by atoms with van der Waals surface area (Å²) >= 11 is 6.08. The fraction of sp³-hybridized carbons (Fsp3) is 0.154.